The van der Waals surface area contributed by atoms with Gasteiger partial charge in [-0.25, -0.2) is 4.39 Å². The van der Waals surface area contributed by atoms with E-state index in [4.69, 9.17) is 9.84 Å². The Kier molecular flexibility index (Phi) is 5.42. The van der Waals surface area contributed by atoms with Crippen molar-refractivity contribution in [3.05, 3.63) is 47.3 Å². The average Bonchev–Trinajstić information content (AvgIpc) is 2.65. The molecule has 3 rings (SSSR count). The largest absolute Gasteiger partial charge is 0.496 e. The maximum atomic E-state index is 13.9. The van der Waals surface area contributed by atoms with Crippen LogP contribution < -0.4 is 10.1 Å². The molecular weight excluding hydrogens is 335 g/mol. The fraction of sp³-hybridized carbons (Fsp3) is 0.350. The van der Waals surface area contributed by atoms with Crippen molar-refractivity contribution >= 4 is 11.7 Å². The zero-order chi connectivity index (χ0) is 18.7. The van der Waals surface area contributed by atoms with Crippen LogP contribution in [0.15, 0.2) is 30.3 Å². The van der Waals surface area contributed by atoms with Gasteiger partial charge in [0, 0.05) is 24.3 Å². The first-order chi connectivity index (χ1) is 12.5. The number of likely N-dealkylation sites (N-methyl/N-ethyl adjacent to an activating group) is 1. The number of aliphatic carboxylic acids is 1. The van der Waals surface area contributed by atoms with Gasteiger partial charge < -0.3 is 15.2 Å². The van der Waals surface area contributed by atoms with Gasteiger partial charge in [0.1, 0.15) is 18.1 Å². The minimum absolute atomic E-state index is 0.138. The number of carbonyl (C=O) groups is 1. The van der Waals surface area contributed by atoms with Gasteiger partial charge in [0.2, 0.25) is 0 Å². The predicted octanol–water partition coefficient (Wildman–Crippen LogP) is 3.38. The summed E-state index contributed by atoms with van der Waals surface area (Å²) < 4.78 is 19.3. The highest BCUT2D eigenvalue weighted by Crippen LogP contribution is 2.39. The summed E-state index contributed by atoms with van der Waals surface area (Å²) >= 11 is 0. The lowest BCUT2D eigenvalue weighted by Crippen LogP contribution is -2.31. The summed E-state index contributed by atoms with van der Waals surface area (Å²) in [4.78, 5) is 13.2. The Morgan fingerprint density at radius 3 is 2.77 bits per heavy atom. The second-order valence-electron chi connectivity index (χ2n) is 6.33. The third-order valence-corrected chi connectivity index (χ3v) is 4.82. The fourth-order valence-corrected chi connectivity index (χ4v) is 3.48. The Bertz CT molecular complexity index is 823. The number of carboxylic acids is 1. The van der Waals surface area contributed by atoms with Crippen molar-refractivity contribution in [2.24, 2.45) is 0 Å². The number of hydrogen-bond donors (Lipinski definition) is 2. The molecule has 0 bridgehead atoms. The monoisotopic (exact) mass is 358 g/mol. The predicted molar refractivity (Wildman–Crippen MR) is 99.2 cm³/mol. The third-order valence-electron chi connectivity index (χ3n) is 4.82. The van der Waals surface area contributed by atoms with E-state index in [2.05, 4.69) is 17.1 Å². The van der Waals surface area contributed by atoms with Gasteiger partial charge >= 0.3 is 5.97 Å². The first-order valence-corrected chi connectivity index (χ1v) is 8.70. The number of fused-ring (bicyclic) bond motifs is 1. The number of nitrogens with one attached hydrogen (secondary N) is 1. The highest BCUT2D eigenvalue weighted by Gasteiger charge is 2.23. The minimum atomic E-state index is -0.905. The molecule has 0 aliphatic carbocycles. The quantitative estimate of drug-likeness (QED) is 0.829. The van der Waals surface area contributed by atoms with E-state index in [1.165, 1.54) is 12.1 Å². The Morgan fingerprint density at radius 1 is 1.27 bits per heavy atom. The SMILES string of the molecule is CCN1CCc2c(-c3cc(F)ccc3OC)ccc(NCC(=O)O)c2C1. The summed E-state index contributed by atoms with van der Waals surface area (Å²) in [5, 5.41) is 12.0. The molecule has 0 amide bonds. The molecule has 0 radical (unpaired) electrons. The van der Waals surface area contributed by atoms with Gasteiger partial charge in [-0.3, -0.25) is 9.69 Å². The van der Waals surface area contributed by atoms with E-state index < -0.39 is 5.97 Å². The maximum absolute atomic E-state index is 13.9. The van der Waals surface area contributed by atoms with Crippen LogP contribution in [0.3, 0.4) is 0 Å². The van der Waals surface area contributed by atoms with Crippen LogP contribution >= 0.6 is 0 Å². The van der Waals surface area contributed by atoms with Crippen molar-refractivity contribution < 1.29 is 19.0 Å². The average molecular weight is 358 g/mol. The molecule has 5 nitrogen and oxygen atoms in total. The van der Waals surface area contributed by atoms with E-state index in [1.807, 2.05) is 12.1 Å². The van der Waals surface area contributed by atoms with Crippen LogP contribution in [0.2, 0.25) is 0 Å². The van der Waals surface area contributed by atoms with Crippen LogP contribution in [0.25, 0.3) is 11.1 Å². The van der Waals surface area contributed by atoms with Gasteiger partial charge in [-0.05, 0) is 53.9 Å². The lowest BCUT2D eigenvalue weighted by molar-refractivity contribution is -0.134. The molecular formula is C20H23FN2O3. The van der Waals surface area contributed by atoms with E-state index in [-0.39, 0.29) is 12.4 Å². The molecule has 26 heavy (non-hydrogen) atoms. The van der Waals surface area contributed by atoms with E-state index in [0.29, 0.717) is 5.75 Å². The van der Waals surface area contributed by atoms with E-state index in [1.54, 1.807) is 13.2 Å². The van der Waals surface area contributed by atoms with Gasteiger partial charge in [0.25, 0.3) is 0 Å². The Morgan fingerprint density at radius 2 is 2.08 bits per heavy atom. The summed E-state index contributed by atoms with van der Waals surface area (Å²) in [6.07, 6.45) is 0.820. The molecule has 0 spiro atoms. The van der Waals surface area contributed by atoms with Crippen molar-refractivity contribution in [1.29, 1.82) is 0 Å². The minimum Gasteiger partial charge on any atom is -0.496 e. The smallest absolute Gasteiger partial charge is 0.322 e. The number of halogens is 1. The number of hydrogen-bond acceptors (Lipinski definition) is 4. The van der Waals surface area contributed by atoms with Crippen LogP contribution in [0.4, 0.5) is 10.1 Å². The summed E-state index contributed by atoms with van der Waals surface area (Å²) in [7, 11) is 1.57. The Balaban J connectivity index is 2.11. The van der Waals surface area contributed by atoms with Crippen molar-refractivity contribution in [2.75, 3.05) is 32.1 Å². The number of nitrogens with zero attached hydrogens (tertiary/aromatic N) is 1. The summed E-state index contributed by atoms with van der Waals surface area (Å²) in [5.41, 5.74) is 4.67. The highest BCUT2D eigenvalue weighted by molar-refractivity contribution is 5.79. The number of carboxylic acid groups (broad SMARTS) is 1. The lowest BCUT2D eigenvalue weighted by atomic mass is 9.89. The molecule has 1 aliphatic heterocycles. The third kappa shape index (κ3) is 3.65. The molecule has 2 N–H and O–H groups in total. The molecule has 0 unspecified atom stereocenters. The molecule has 0 aromatic heterocycles. The van der Waals surface area contributed by atoms with Crippen LogP contribution in [-0.2, 0) is 17.8 Å². The van der Waals surface area contributed by atoms with Gasteiger partial charge in [-0.15, -0.1) is 0 Å². The molecule has 0 fully saturated rings. The number of rotatable bonds is 6. The highest BCUT2D eigenvalue weighted by atomic mass is 19.1. The fourth-order valence-electron chi connectivity index (χ4n) is 3.48. The van der Waals surface area contributed by atoms with Gasteiger partial charge in [-0.1, -0.05) is 13.0 Å². The van der Waals surface area contributed by atoms with Crippen molar-refractivity contribution in [2.45, 2.75) is 19.9 Å². The summed E-state index contributed by atoms with van der Waals surface area (Å²) in [6, 6.07) is 8.30. The molecule has 0 atom stereocenters. The standard InChI is InChI=1S/C20H23FN2O3/c1-3-23-9-8-15-14(16-10-13(21)4-7-19(16)26-2)5-6-18(17(15)12-23)22-11-20(24)25/h4-7,10,22H,3,8-9,11-12H2,1-2H3,(H,24,25). The summed E-state index contributed by atoms with van der Waals surface area (Å²) in [6.45, 7) is 4.54. The number of methoxy groups -OCH3 is 1. The molecule has 0 saturated carbocycles. The molecule has 1 aliphatic rings. The second-order valence-corrected chi connectivity index (χ2v) is 6.33. The Hall–Kier alpha value is -2.60. The van der Waals surface area contributed by atoms with Crippen LogP contribution in [0, 0.1) is 5.82 Å². The number of anilines is 1. The van der Waals surface area contributed by atoms with Gasteiger partial charge in [0.05, 0.1) is 7.11 Å². The van der Waals surface area contributed by atoms with Crippen LogP contribution in [0.1, 0.15) is 18.1 Å². The zero-order valence-electron chi connectivity index (χ0n) is 15.0. The molecule has 1 heterocycles. The van der Waals surface area contributed by atoms with Crippen LogP contribution in [0.5, 0.6) is 5.75 Å². The summed E-state index contributed by atoms with van der Waals surface area (Å²) in [5.74, 6) is -0.593. The van der Waals surface area contributed by atoms with Crippen molar-refractivity contribution in [3.8, 4) is 16.9 Å². The molecule has 6 heteroatoms. The van der Waals surface area contributed by atoms with E-state index in [9.17, 15) is 9.18 Å². The van der Waals surface area contributed by atoms with E-state index >= 15 is 0 Å². The van der Waals surface area contributed by atoms with E-state index in [0.717, 1.165) is 54.0 Å². The van der Waals surface area contributed by atoms with Gasteiger partial charge in [0.15, 0.2) is 0 Å². The molecule has 138 valence electrons. The molecule has 2 aromatic rings. The molecule has 2 aromatic carbocycles. The first kappa shape index (κ1) is 18.2. The first-order valence-electron chi connectivity index (χ1n) is 8.70. The lowest BCUT2D eigenvalue weighted by Gasteiger charge is -2.31. The maximum Gasteiger partial charge on any atom is 0.322 e. The second kappa shape index (κ2) is 7.74. The normalized spacial score (nSPS) is 14.0. The van der Waals surface area contributed by atoms with Crippen molar-refractivity contribution in [3.63, 3.8) is 0 Å². The topological polar surface area (TPSA) is 61.8 Å². The zero-order valence-corrected chi connectivity index (χ0v) is 15.0. The number of ether oxygens (including phenoxy) is 1. The molecule has 0 saturated heterocycles. The van der Waals surface area contributed by atoms with Crippen molar-refractivity contribution in [1.82, 2.24) is 4.90 Å². The van der Waals surface area contributed by atoms with Crippen LogP contribution in [-0.4, -0.2) is 42.7 Å². The number of benzene rings is 2. The van der Waals surface area contributed by atoms with Gasteiger partial charge in [-0.2, -0.15) is 0 Å². The Labute approximate surface area is 152 Å².